The van der Waals surface area contributed by atoms with Gasteiger partial charge in [-0.15, -0.1) is 0 Å². The van der Waals surface area contributed by atoms with Crippen molar-refractivity contribution >= 4 is 5.78 Å². The molecule has 4 aliphatic rings. The lowest BCUT2D eigenvalue weighted by Gasteiger charge is -2.54. The monoisotopic (exact) mass is 395 g/mol. The van der Waals surface area contributed by atoms with E-state index in [9.17, 15) is 9.90 Å². The van der Waals surface area contributed by atoms with E-state index in [2.05, 4.69) is 25.0 Å². The summed E-state index contributed by atoms with van der Waals surface area (Å²) in [6.07, 6.45) is 12.3. The van der Waals surface area contributed by atoms with Gasteiger partial charge in [-0.05, 0) is 93.3 Å². The standard InChI is InChI=1S/C24H33N3O2/c1-23-9-7-16-17(3-4-20-18(16)8-10-24(20,2)29)19(23)5-6-21(23)22(28)14-27-13-15(11-25)12-26-27/h12-13,16-21,29H,3-10,14H2,1-2H3/t16-,17+,18+,19-,20+,21+,23-,24-/m0/s1. The van der Waals surface area contributed by atoms with Crippen LogP contribution < -0.4 is 0 Å². The predicted molar refractivity (Wildman–Crippen MR) is 109 cm³/mol. The summed E-state index contributed by atoms with van der Waals surface area (Å²) in [6.45, 7) is 4.72. The largest absolute Gasteiger partial charge is 0.390 e. The van der Waals surface area contributed by atoms with E-state index in [4.69, 9.17) is 5.26 Å². The highest BCUT2D eigenvalue weighted by molar-refractivity contribution is 5.82. The van der Waals surface area contributed by atoms with Gasteiger partial charge in [-0.3, -0.25) is 9.48 Å². The van der Waals surface area contributed by atoms with Gasteiger partial charge in [-0.2, -0.15) is 10.4 Å². The second-order valence-electron chi connectivity index (χ2n) is 10.9. The number of nitrogens with zero attached hydrogens (tertiary/aromatic N) is 3. The molecule has 8 atom stereocenters. The van der Waals surface area contributed by atoms with Gasteiger partial charge in [0.1, 0.15) is 6.07 Å². The SMILES string of the molecule is C[C@]12CC[C@@H]3[C@H]4CC[C@](C)(O)[C@@H]4CC[C@H]3[C@@H]1CC[C@@H]2C(=O)Cn1cc(C#N)cn1. The molecule has 1 heterocycles. The Kier molecular flexibility index (Phi) is 4.44. The normalized spacial score (nSPS) is 45.9. The molecule has 5 rings (SSSR count). The minimum atomic E-state index is -0.462. The lowest BCUT2D eigenvalue weighted by Crippen LogP contribution is -2.49. The van der Waals surface area contributed by atoms with E-state index < -0.39 is 5.60 Å². The molecule has 1 N–H and O–H groups in total. The number of hydrogen-bond donors (Lipinski definition) is 1. The Morgan fingerprint density at radius 1 is 1.14 bits per heavy atom. The van der Waals surface area contributed by atoms with Crippen LogP contribution in [0.3, 0.4) is 0 Å². The highest BCUT2D eigenvalue weighted by Gasteiger charge is 2.60. The average Bonchev–Trinajstić information content (AvgIpc) is 3.36. The zero-order valence-corrected chi connectivity index (χ0v) is 17.7. The first-order chi connectivity index (χ1) is 13.8. The molecule has 0 amide bonds. The molecule has 0 aromatic carbocycles. The number of fused-ring (bicyclic) bond motifs is 5. The van der Waals surface area contributed by atoms with Gasteiger partial charge in [0.25, 0.3) is 0 Å². The predicted octanol–water partition coefficient (Wildman–Crippen LogP) is 3.95. The quantitative estimate of drug-likeness (QED) is 0.840. The molecule has 1 aromatic heterocycles. The van der Waals surface area contributed by atoms with Gasteiger partial charge in [-0.1, -0.05) is 6.92 Å². The molecular weight excluding hydrogens is 362 g/mol. The molecule has 4 saturated carbocycles. The smallest absolute Gasteiger partial charge is 0.157 e. The van der Waals surface area contributed by atoms with E-state index in [-0.39, 0.29) is 17.9 Å². The van der Waals surface area contributed by atoms with Crippen LogP contribution in [0.25, 0.3) is 0 Å². The molecule has 0 aliphatic heterocycles. The van der Waals surface area contributed by atoms with Crippen LogP contribution in [0.1, 0.15) is 70.8 Å². The molecule has 5 nitrogen and oxygen atoms in total. The lowest BCUT2D eigenvalue weighted by molar-refractivity contribution is -0.131. The maximum atomic E-state index is 13.2. The number of rotatable bonds is 3. The Morgan fingerprint density at radius 3 is 2.62 bits per heavy atom. The number of carbonyl (C=O) groups excluding carboxylic acids is 1. The first-order valence-corrected chi connectivity index (χ1v) is 11.5. The third-order valence-corrected chi connectivity index (χ3v) is 9.62. The van der Waals surface area contributed by atoms with Gasteiger partial charge in [0.2, 0.25) is 0 Å². The first-order valence-electron chi connectivity index (χ1n) is 11.5. The number of nitriles is 1. The van der Waals surface area contributed by atoms with Crippen molar-refractivity contribution in [3.05, 3.63) is 18.0 Å². The van der Waals surface area contributed by atoms with Crippen molar-refractivity contribution in [3.8, 4) is 6.07 Å². The highest BCUT2D eigenvalue weighted by atomic mass is 16.3. The summed E-state index contributed by atoms with van der Waals surface area (Å²) in [6, 6.07) is 2.09. The maximum Gasteiger partial charge on any atom is 0.157 e. The van der Waals surface area contributed by atoms with Gasteiger partial charge in [0.15, 0.2) is 5.78 Å². The molecule has 0 saturated heterocycles. The van der Waals surface area contributed by atoms with E-state index in [0.29, 0.717) is 29.1 Å². The number of carbonyl (C=O) groups is 1. The summed E-state index contributed by atoms with van der Waals surface area (Å²) in [5, 5.41) is 24.0. The average molecular weight is 396 g/mol. The molecule has 156 valence electrons. The van der Waals surface area contributed by atoms with Crippen LogP contribution in [0.15, 0.2) is 12.4 Å². The molecule has 4 aliphatic carbocycles. The minimum Gasteiger partial charge on any atom is -0.390 e. The Hall–Kier alpha value is -1.67. The zero-order valence-electron chi connectivity index (χ0n) is 17.7. The fraction of sp³-hybridized carbons (Fsp3) is 0.792. The highest BCUT2D eigenvalue weighted by Crippen LogP contribution is 2.65. The van der Waals surface area contributed by atoms with Crippen molar-refractivity contribution in [3.63, 3.8) is 0 Å². The lowest BCUT2D eigenvalue weighted by atomic mass is 9.51. The number of hydrogen-bond acceptors (Lipinski definition) is 4. The second kappa shape index (κ2) is 6.67. The summed E-state index contributed by atoms with van der Waals surface area (Å²) < 4.78 is 1.63. The van der Waals surface area contributed by atoms with Crippen molar-refractivity contribution in [2.45, 2.75) is 77.4 Å². The van der Waals surface area contributed by atoms with Gasteiger partial charge < -0.3 is 5.11 Å². The summed E-state index contributed by atoms with van der Waals surface area (Å²) in [4.78, 5) is 13.2. The fourth-order valence-corrected chi connectivity index (χ4v) is 8.29. The Labute approximate surface area is 173 Å². The van der Waals surface area contributed by atoms with Crippen molar-refractivity contribution in [1.82, 2.24) is 9.78 Å². The van der Waals surface area contributed by atoms with Crippen molar-refractivity contribution in [1.29, 1.82) is 5.26 Å². The first kappa shape index (κ1) is 19.3. The third-order valence-electron chi connectivity index (χ3n) is 9.62. The number of aromatic nitrogens is 2. The molecule has 0 radical (unpaired) electrons. The van der Waals surface area contributed by atoms with Gasteiger partial charge >= 0.3 is 0 Å². The summed E-state index contributed by atoms with van der Waals surface area (Å²) >= 11 is 0. The number of aliphatic hydroxyl groups is 1. The van der Waals surface area contributed by atoms with Crippen LogP contribution in [-0.4, -0.2) is 26.3 Å². The van der Waals surface area contributed by atoms with Gasteiger partial charge in [0.05, 0.1) is 23.9 Å². The minimum absolute atomic E-state index is 0.109. The van der Waals surface area contributed by atoms with Crippen LogP contribution in [-0.2, 0) is 11.3 Å². The van der Waals surface area contributed by atoms with Crippen LogP contribution in [0.2, 0.25) is 0 Å². The summed E-state index contributed by atoms with van der Waals surface area (Å²) in [5.74, 6) is 3.72. The van der Waals surface area contributed by atoms with Crippen molar-refractivity contribution in [2.24, 2.45) is 40.9 Å². The molecule has 0 spiro atoms. The van der Waals surface area contributed by atoms with Crippen molar-refractivity contribution < 1.29 is 9.90 Å². The molecule has 0 unspecified atom stereocenters. The molecule has 4 fully saturated rings. The zero-order chi connectivity index (χ0) is 20.4. The van der Waals surface area contributed by atoms with E-state index >= 15 is 0 Å². The number of ketones is 1. The third kappa shape index (κ3) is 2.90. The Balaban J connectivity index is 1.32. The maximum absolute atomic E-state index is 13.2. The van der Waals surface area contributed by atoms with Crippen molar-refractivity contribution in [2.75, 3.05) is 0 Å². The fourth-order valence-electron chi connectivity index (χ4n) is 8.29. The molecular formula is C24H33N3O2. The number of Topliss-reactive ketones (excluding diaryl/α,β-unsaturated/α-hetero) is 1. The van der Waals surface area contributed by atoms with E-state index in [1.165, 1.54) is 31.9 Å². The Morgan fingerprint density at radius 2 is 1.86 bits per heavy atom. The van der Waals surface area contributed by atoms with Crippen LogP contribution >= 0.6 is 0 Å². The second-order valence-corrected chi connectivity index (χ2v) is 10.9. The Bertz CT molecular complexity index is 853. The molecule has 5 heteroatoms. The van der Waals surface area contributed by atoms with Gasteiger partial charge in [0, 0.05) is 12.1 Å². The summed E-state index contributed by atoms with van der Waals surface area (Å²) in [5.41, 5.74) is 0.159. The van der Waals surface area contributed by atoms with Gasteiger partial charge in [-0.25, -0.2) is 0 Å². The molecule has 29 heavy (non-hydrogen) atoms. The summed E-state index contributed by atoms with van der Waals surface area (Å²) in [7, 11) is 0. The van der Waals surface area contributed by atoms with E-state index in [1.807, 2.05) is 0 Å². The van der Waals surface area contributed by atoms with E-state index in [0.717, 1.165) is 37.5 Å². The molecule has 0 bridgehead atoms. The van der Waals surface area contributed by atoms with E-state index in [1.54, 1.807) is 10.9 Å². The van der Waals surface area contributed by atoms with Crippen LogP contribution in [0.4, 0.5) is 0 Å². The molecule has 1 aromatic rings. The topological polar surface area (TPSA) is 78.9 Å². The van der Waals surface area contributed by atoms with Crippen LogP contribution in [0.5, 0.6) is 0 Å². The van der Waals surface area contributed by atoms with Crippen LogP contribution in [0, 0.1) is 52.3 Å².